The second-order valence-corrected chi connectivity index (χ2v) is 4.44. The van der Waals surface area contributed by atoms with Gasteiger partial charge in [0.25, 0.3) is 0 Å². The van der Waals surface area contributed by atoms with E-state index in [9.17, 15) is 4.79 Å². The molecule has 0 saturated carbocycles. The van der Waals surface area contributed by atoms with Gasteiger partial charge in [0.1, 0.15) is 0 Å². The first-order chi connectivity index (χ1) is 6.01. The third-order valence-corrected chi connectivity index (χ3v) is 1.70. The minimum Gasteiger partial charge on any atom is -0.298 e. The van der Waals surface area contributed by atoms with Crippen LogP contribution in [0.2, 0.25) is 0 Å². The molecule has 0 bridgehead atoms. The zero-order chi connectivity index (χ0) is 9.90. The molecule has 0 spiro atoms. The summed E-state index contributed by atoms with van der Waals surface area (Å²) in [5.74, 6) is 0. The van der Waals surface area contributed by atoms with Gasteiger partial charge in [0, 0.05) is 17.5 Å². The highest BCUT2D eigenvalue weighted by Crippen LogP contribution is 2.18. The molecule has 0 aromatic carbocycles. The van der Waals surface area contributed by atoms with Gasteiger partial charge >= 0.3 is 0 Å². The molecular weight excluding hydrogens is 162 g/mol. The molecule has 2 nitrogen and oxygen atoms in total. The fraction of sp³-hybridized carbons (Fsp3) is 0.455. The van der Waals surface area contributed by atoms with Crippen molar-refractivity contribution in [2.24, 2.45) is 5.41 Å². The Balaban J connectivity index is 2.75. The third-order valence-electron chi connectivity index (χ3n) is 1.70. The summed E-state index contributed by atoms with van der Waals surface area (Å²) in [6.07, 6.45) is 3.37. The maximum atomic E-state index is 10.4. The summed E-state index contributed by atoms with van der Waals surface area (Å²) in [4.78, 5) is 14.6. The molecule has 13 heavy (non-hydrogen) atoms. The van der Waals surface area contributed by atoms with Gasteiger partial charge in [-0.1, -0.05) is 20.8 Å². The standard InChI is InChI=1S/C11H15NO/c1-11(2,3)6-10-5-4-9(8-13)7-12-10/h4-5,7-8H,6H2,1-3H3. The van der Waals surface area contributed by atoms with E-state index >= 15 is 0 Å². The van der Waals surface area contributed by atoms with Crippen molar-refractivity contribution in [2.45, 2.75) is 27.2 Å². The monoisotopic (exact) mass is 177 g/mol. The number of carbonyl (C=O) groups is 1. The Morgan fingerprint density at radius 2 is 2.08 bits per heavy atom. The Hall–Kier alpha value is -1.18. The van der Waals surface area contributed by atoms with Gasteiger partial charge in [0.05, 0.1) is 0 Å². The molecule has 0 fully saturated rings. The van der Waals surface area contributed by atoms with Crippen molar-refractivity contribution in [3.05, 3.63) is 29.6 Å². The Labute approximate surface area is 79.0 Å². The highest BCUT2D eigenvalue weighted by atomic mass is 16.1. The Bertz CT molecular complexity index is 282. The molecule has 0 N–H and O–H groups in total. The lowest BCUT2D eigenvalue weighted by atomic mass is 9.90. The maximum Gasteiger partial charge on any atom is 0.151 e. The molecule has 0 aliphatic heterocycles. The number of carbonyl (C=O) groups excluding carboxylic acids is 1. The van der Waals surface area contributed by atoms with E-state index < -0.39 is 0 Å². The van der Waals surface area contributed by atoms with Crippen LogP contribution in [0.4, 0.5) is 0 Å². The lowest BCUT2D eigenvalue weighted by Gasteiger charge is -2.16. The molecule has 0 unspecified atom stereocenters. The SMILES string of the molecule is CC(C)(C)Cc1ccc(C=O)cn1. The molecule has 1 heterocycles. The lowest BCUT2D eigenvalue weighted by Crippen LogP contribution is -2.10. The molecule has 0 aliphatic rings. The minimum absolute atomic E-state index is 0.246. The summed E-state index contributed by atoms with van der Waals surface area (Å²) < 4.78 is 0. The van der Waals surface area contributed by atoms with E-state index in [4.69, 9.17) is 0 Å². The maximum absolute atomic E-state index is 10.4. The molecule has 1 aromatic rings. The van der Waals surface area contributed by atoms with Crippen LogP contribution in [0.1, 0.15) is 36.8 Å². The molecule has 0 atom stereocenters. The normalized spacial score (nSPS) is 11.3. The Kier molecular flexibility index (Phi) is 2.81. The largest absolute Gasteiger partial charge is 0.298 e. The summed E-state index contributed by atoms with van der Waals surface area (Å²) >= 11 is 0. The zero-order valence-electron chi connectivity index (χ0n) is 8.37. The van der Waals surface area contributed by atoms with Gasteiger partial charge in [0.15, 0.2) is 6.29 Å². The number of rotatable bonds is 2. The van der Waals surface area contributed by atoms with Crippen molar-refractivity contribution < 1.29 is 4.79 Å². The summed E-state index contributed by atoms with van der Waals surface area (Å²) in [5.41, 5.74) is 1.92. The second-order valence-electron chi connectivity index (χ2n) is 4.44. The van der Waals surface area contributed by atoms with E-state index in [1.54, 1.807) is 12.3 Å². The Morgan fingerprint density at radius 3 is 2.46 bits per heavy atom. The summed E-state index contributed by atoms with van der Waals surface area (Å²) in [6.45, 7) is 6.51. The average Bonchev–Trinajstić information content (AvgIpc) is 2.03. The Morgan fingerprint density at radius 1 is 1.38 bits per heavy atom. The van der Waals surface area contributed by atoms with Crippen molar-refractivity contribution in [2.75, 3.05) is 0 Å². The number of aromatic nitrogens is 1. The number of pyridine rings is 1. The topological polar surface area (TPSA) is 30.0 Å². The van der Waals surface area contributed by atoms with Crippen LogP contribution in [-0.4, -0.2) is 11.3 Å². The van der Waals surface area contributed by atoms with Crippen molar-refractivity contribution >= 4 is 6.29 Å². The predicted octanol–water partition coefficient (Wildman–Crippen LogP) is 2.48. The first kappa shape index (κ1) is 9.90. The molecule has 0 saturated heterocycles. The van der Waals surface area contributed by atoms with Crippen LogP contribution in [0, 0.1) is 5.41 Å². The van der Waals surface area contributed by atoms with E-state index in [-0.39, 0.29) is 5.41 Å². The van der Waals surface area contributed by atoms with Gasteiger partial charge in [0.2, 0.25) is 0 Å². The van der Waals surface area contributed by atoms with Crippen molar-refractivity contribution in [3.63, 3.8) is 0 Å². The van der Waals surface area contributed by atoms with E-state index in [1.165, 1.54) is 0 Å². The van der Waals surface area contributed by atoms with Crippen LogP contribution < -0.4 is 0 Å². The first-order valence-electron chi connectivity index (χ1n) is 4.41. The van der Waals surface area contributed by atoms with E-state index in [0.29, 0.717) is 5.56 Å². The lowest BCUT2D eigenvalue weighted by molar-refractivity contribution is 0.112. The number of aldehydes is 1. The molecule has 0 aliphatic carbocycles. The number of nitrogens with zero attached hydrogens (tertiary/aromatic N) is 1. The fourth-order valence-corrected chi connectivity index (χ4v) is 1.15. The zero-order valence-corrected chi connectivity index (χ0v) is 8.37. The van der Waals surface area contributed by atoms with Crippen molar-refractivity contribution in [1.29, 1.82) is 0 Å². The second kappa shape index (κ2) is 3.69. The van der Waals surface area contributed by atoms with Crippen LogP contribution in [-0.2, 0) is 6.42 Å². The molecule has 1 rings (SSSR count). The summed E-state index contributed by atoms with van der Waals surface area (Å²) in [6, 6.07) is 3.72. The number of hydrogen-bond donors (Lipinski definition) is 0. The predicted molar refractivity (Wildman–Crippen MR) is 52.8 cm³/mol. The quantitative estimate of drug-likeness (QED) is 0.649. The third kappa shape index (κ3) is 3.36. The highest BCUT2D eigenvalue weighted by molar-refractivity contribution is 5.73. The van der Waals surface area contributed by atoms with Crippen LogP contribution in [0.3, 0.4) is 0 Å². The summed E-state index contributed by atoms with van der Waals surface area (Å²) in [5, 5.41) is 0. The molecule has 0 amide bonds. The van der Waals surface area contributed by atoms with Crippen LogP contribution in [0.25, 0.3) is 0 Å². The number of hydrogen-bond acceptors (Lipinski definition) is 2. The molecule has 2 heteroatoms. The van der Waals surface area contributed by atoms with Crippen LogP contribution in [0.15, 0.2) is 18.3 Å². The van der Waals surface area contributed by atoms with Gasteiger partial charge < -0.3 is 0 Å². The highest BCUT2D eigenvalue weighted by Gasteiger charge is 2.11. The fourth-order valence-electron chi connectivity index (χ4n) is 1.15. The van der Waals surface area contributed by atoms with E-state index in [0.717, 1.165) is 18.4 Å². The molecule has 70 valence electrons. The summed E-state index contributed by atoms with van der Waals surface area (Å²) in [7, 11) is 0. The minimum atomic E-state index is 0.246. The van der Waals surface area contributed by atoms with Crippen LogP contribution >= 0.6 is 0 Å². The molecular formula is C11H15NO. The van der Waals surface area contributed by atoms with Gasteiger partial charge in [-0.2, -0.15) is 0 Å². The van der Waals surface area contributed by atoms with Gasteiger partial charge in [-0.25, -0.2) is 0 Å². The first-order valence-corrected chi connectivity index (χ1v) is 4.41. The van der Waals surface area contributed by atoms with Gasteiger partial charge in [-0.3, -0.25) is 9.78 Å². The van der Waals surface area contributed by atoms with Gasteiger partial charge in [-0.15, -0.1) is 0 Å². The van der Waals surface area contributed by atoms with E-state index in [1.807, 2.05) is 6.07 Å². The van der Waals surface area contributed by atoms with Crippen molar-refractivity contribution in [1.82, 2.24) is 4.98 Å². The van der Waals surface area contributed by atoms with Crippen LogP contribution in [0.5, 0.6) is 0 Å². The molecule has 1 aromatic heterocycles. The molecule has 0 radical (unpaired) electrons. The smallest absolute Gasteiger partial charge is 0.151 e. The van der Waals surface area contributed by atoms with Gasteiger partial charge in [-0.05, 0) is 24.0 Å². The van der Waals surface area contributed by atoms with E-state index in [2.05, 4.69) is 25.8 Å². The average molecular weight is 177 g/mol. The van der Waals surface area contributed by atoms with Crippen molar-refractivity contribution in [3.8, 4) is 0 Å².